The van der Waals surface area contributed by atoms with Crippen LogP contribution < -0.4 is 4.74 Å². The number of hydrogen-bond acceptors (Lipinski definition) is 5. The first-order valence-electron chi connectivity index (χ1n) is 11.2. The van der Waals surface area contributed by atoms with E-state index >= 15 is 0 Å². The first-order valence-corrected chi connectivity index (χ1v) is 11.2. The van der Waals surface area contributed by atoms with E-state index in [1.165, 1.54) is 18.4 Å². The zero-order valence-electron chi connectivity index (χ0n) is 18.3. The fraction of sp³-hybridized carbons (Fsp3) is 0.480. The monoisotopic (exact) mass is 424 g/mol. The largest absolute Gasteiger partial charge is 0.482 e. The maximum absolute atomic E-state index is 10.9. The zero-order valence-corrected chi connectivity index (χ0v) is 18.3. The number of ether oxygens (including phenoxy) is 1. The Morgan fingerprint density at radius 3 is 2.94 bits per heavy atom. The van der Waals surface area contributed by atoms with Crippen molar-refractivity contribution in [2.45, 2.75) is 64.2 Å². The predicted molar refractivity (Wildman–Crippen MR) is 121 cm³/mol. The lowest BCUT2D eigenvalue weighted by Crippen LogP contribution is -2.15. The van der Waals surface area contributed by atoms with E-state index in [4.69, 9.17) is 14.7 Å². The van der Waals surface area contributed by atoms with Gasteiger partial charge in [0.1, 0.15) is 12.4 Å². The first-order chi connectivity index (χ1) is 15.2. The summed E-state index contributed by atoms with van der Waals surface area (Å²) in [6.45, 7) is 2.42. The predicted octanol–water partition coefficient (Wildman–Crippen LogP) is 5.36. The minimum absolute atomic E-state index is 0.311. The van der Waals surface area contributed by atoms with Crippen molar-refractivity contribution < 1.29 is 19.5 Å². The molecule has 3 rings (SSSR count). The molecular formula is C25H32N2O4. The molecule has 1 heterocycles. The summed E-state index contributed by atoms with van der Waals surface area (Å²) >= 11 is 0. The van der Waals surface area contributed by atoms with E-state index in [1.807, 2.05) is 30.5 Å². The van der Waals surface area contributed by atoms with Crippen molar-refractivity contribution in [1.82, 2.24) is 4.98 Å². The summed E-state index contributed by atoms with van der Waals surface area (Å²) in [5, 5.41) is 13.4. The molecule has 0 amide bonds. The van der Waals surface area contributed by atoms with Crippen molar-refractivity contribution in [1.29, 1.82) is 0 Å². The molecule has 0 fully saturated rings. The maximum Gasteiger partial charge on any atom is 0.341 e. The highest BCUT2D eigenvalue weighted by Crippen LogP contribution is 2.38. The van der Waals surface area contributed by atoms with E-state index in [9.17, 15) is 4.79 Å². The van der Waals surface area contributed by atoms with Crippen molar-refractivity contribution in [2.24, 2.45) is 5.16 Å². The van der Waals surface area contributed by atoms with Gasteiger partial charge >= 0.3 is 5.97 Å². The van der Waals surface area contributed by atoms with E-state index in [1.54, 1.807) is 6.20 Å². The Hall–Kier alpha value is -2.89. The highest BCUT2D eigenvalue weighted by molar-refractivity contribution is 5.99. The third-order valence-electron chi connectivity index (χ3n) is 5.68. The summed E-state index contributed by atoms with van der Waals surface area (Å²) in [4.78, 5) is 20.8. The molecule has 6 heteroatoms. The molecule has 6 nitrogen and oxygen atoms in total. The van der Waals surface area contributed by atoms with Gasteiger partial charge in [0, 0.05) is 18.0 Å². The number of pyridine rings is 1. The smallest absolute Gasteiger partial charge is 0.341 e. The zero-order chi connectivity index (χ0) is 21.9. The van der Waals surface area contributed by atoms with Gasteiger partial charge in [-0.05, 0) is 73.8 Å². The molecule has 2 aromatic rings. The van der Waals surface area contributed by atoms with Crippen LogP contribution in [0.5, 0.6) is 5.75 Å². The normalized spacial score (nSPS) is 15.9. The number of oxime groups is 1. The SMILES string of the molecule is CCCCCC(=NOCCC1CCCc2c(OCC(=O)O)cccc21)c1cccnc1. The Balaban J connectivity index is 1.61. The summed E-state index contributed by atoms with van der Waals surface area (Å²) in [6.07, 6.45) is 11.9. The number of rotatable bonds is 12. The lowest BCUT2D eigenvalue weighted by Gasteiger charge is -2.26. The van der Waals surface area contributed by atoms with Crippen LogP contribution in [0.2, 0.25) is 0 Å². The van der Waals surface area contributed by atoms with Crippen LogP contribution in [0.4, 0.5) is 0 Å². The molecule has 0 saturated heterocycles. The van der Waals surface area contributed by atoms with Crippen molar-refractivity contribution >= 4 is 11.7 Å². The second-order valence-electron chi connectivity index (χ2n) is 7.95. The Morgan fingerprint density at radius 1 is 1.26 bits per heavy atom. The van der Waals surface area contributed by atoms with Crippen molar-refractivity contribution in [2.75, 3.05) is 13.2 Å². The van der Waals surface area contributed by atoms with Crippen LogP contribution in [0.3, 0.4) is 0 Å². The van der Waals surface area contributed by atoms with E-state index < -0.39 is 5.97 Å². The molecule has 1 aliphatic rings. The van der Waals surface area contributed by atoms with Gasteiger partial charge in [-0.25, -0.2) is 4.79 Å². The number of benzene rings is 1. The van der Waals surface area contributed by atoms with Crippen molar-refractivity contribution in [3.63, 3.8) is 0 Å². The van der Waals surface area contributed by atoms with Crippen LogP contribution in [0.25, 0.3) is 0 Å². The minimum Gasteiger partial charge on any atom is -0.482 e. The number of aliphatic carboxylic acids is 1. The van der Waals surface area contributed by atoms with Crippen molar-refractivity contribution in [3.05, 3.63) is 59.4 Å². The molecule has 1 aromatic heterocycles. The number of carboxylic acids is 1. The van der Waals surface area contributed by atoms with Crippen LogP contribution in [0.1, 0.15) is 74.5 Å². The number of fused-ring (bicyclic) bond motifs is 1. The van der Waals surface area contributed by atoms with E-state index in [-0.39, 0.29) is 6.61 Å². The quantitative estimate of drug-likeness (QED) is 0.282. The fourth-order valence-corrected chi connectivity index (χ4v) is 4.13. The molecule has 0 spiro atoms. The molecule has 31 heavy (non-hydrogen) atoms. The van der Waals surface area contributed by atoms with Gasteiger partial charge in [-0.1, -0.05) is 37.1 Å². The van der Waals surface area contributed by atoms with Crippen LogP contribution in [0.15, 0.2) is 47.9 Å². The van der Waals surface area contributed by atoms with Gasteiger partial charge in [0.25, 0.3) is 0 Å². The summed E-state index contributed by atoms with van der Waals surface area (Å²) in [6, 6.07) is 9.88. The Labute approximate surface area is 184 Å². The van der Waals surface area contributed by atoms with E-state index in [0.717, 1.165) is 55.4 Å². The van der Waals surface area contributed by atoms with Gasteiger partial charge in [0.2, 0.25) is 0 Å². The number of hydrogen-bond donors (Lipinski definition) is 1. The van der Waals surface area contributed by atoms with Crippen LogP contribution >= 0.6 is 0 Å². The third kappa shape index (κ3) is 6.81. The van der Waals surface area contributed by atoms with Gasteiger partial charge in [-0.15, -0.1) is 0 Å². The molecule has 1 unspecified atom stereocenters. The number of carbonyl (C=O) groups is 1. The molecule has 166 valence electrons. The van der Waals surface area contributed by atoms with E-state index in [2.05, 4.69) is 23.1 Å². The van der Waals surface area contributed by atoms with Crippen LogP contribution in [-0.4, -0.2) is 35.0 Å². The number of carboxylic acid groups (broad SMARTS) is 1. The fourth-order valence-electron chi connectivity index (χ4n) is 4.13. The molecule has 1 aromatic carbocycles. The molecule has 1 N–H and O–H groups in total. The minimum atomic E-state index is -0.959. The summed E-state index contributed by atoms with van der Waals surface area (Å²) in [7, 11) is 0. The maximum atomic E-state index is 10.9. The Morgan fingerprint density at radius 2 is 2.16 bits per heavy atom. The standard InChI is InChI=1S/C25H32N2O4/c1-2-3-4-12-23(20-9-7-15-26-17-20)27-31-16-14-19-8-5-11-22-21(19)10-6-13-24(22)30-18-25(28)29/h6-7,9-10,13,15,17,19H,2-5,8,11-12,14,16,18H2,1H3,(H,28,29). The third-order valence-corrected chi connectivity index (χ3v) is 5.68. The van der Waals surface area contributed by atoms with Gasteiger partial charge in [-0.3, -0.25) is 4.98 Å². The average Bonchev–Trinajstić information content (AvgIpc) is 2.80. The second kappa shape index (κ2) is 12.1. The highest BCUT2D eigenvalue weighted by Gasteiger charge is 2.23. The Kier molecular flexibility index (Phi) is 8.88. The molecular weight excluding hydrogens is 392 g/mol. The van der Waals surface area contributed by atoms with Crippen molar-refractivity contribution in [3.8, 4) is 5.75 Å². The number of aromatic nitrogens is 1. The first kappa shape index (κ1) is 22.8. The van der Waals surface area contributed by atoms with Gasteiger partial charge in [-0.2, -0.15) is 0 Å². The molecule has 0 radical (unpaired) electrons. The molecule has 0 bridgehead atoms. The van der Waals surface area contributed by atoms with Crippen LogP contribution in [-0.2, 0) is 16.1 Å². The summed E-state index contributed by atoms with van der Waals surface area (Å²) in [5.74, 6) is 0.104. The lowest BCUT2D eigenvalue weighted by molar-refractivity contribution is -0.139. The summed E-state index contributed by atoms with van der Waals surface area (Å²) in [5.41, 5.74) is 4.35. The molecule has 1 aliphatic carbocycles. The Bertz CT molecular complexity index is 867. The lowest BCUT2D eigenvalue weighted by atomic mass is 9.81. The topological polar surface area (TPSA) is 81.0 Å². The highest BCUT2D eigenvalue weighted by atomic mass is 16.6. The summed E-state index contributed by atoms with van der Waals surface area (Å²) < 4.78 is 5.51. The van der Waals surface area contributed by atoms with Gasteiger partial charge in [0.05, 0.1) is 5.71 Å². The van der Waals surface area contributed by atoms with E-state index in [0.29, 0.717) is 18.3 Å². The second-order valence-corrected chi connectivity index (χ2v) is 7.95. The molecule has 1 atom stereocenters. The average molecular weight is 425 g/mol. The van der Waals surface area contributed by atoms with Crippen LogP contribution in [0, 0.1) is 0 Å². The molecule has 0 saturated carbocycles. The van der Waals surface area contributed by atoms with Gasteiger partial charge in [0.15, 0.2) is 6.61 Å². The van der Waals surface area contributed by atoms with Gasteiger partial charge < -0.3 is 14.7 Å². The number of unbranched alkanes of at least 4 members (excludes halogenated alkanes) is 2. The molecule has 0 aliphatic heterocycles. The number of nitrogens with zero attached hydrogens (tertiary/aromatic N) is 2.